The van der Waals surface area contributed by atoms with E-state index in [1.807, 2.05) is 30.3 Å². The highest BCUT2D eigenvalue weighted by atomic mass is 35.5. The SMILES string of the molecule is N#CC1=C(N)N(c2cc([N+](=O)[O-])ccc2Cl)C2=C(C(=O)CC(c3ccccc3)C2)C1c1ccccc1Cl. The van der Waals surface area contributed by atoms with Gasteiger partial charge in [-0.15, -0.1) is 0 Å². The van der Waals surface area contributed by atoms with Crippen molar-refractivity contribution in [2.45, 2.75) is 24.7 Å². The first kappa shape index (κ1) is 24.6. The quantitative estimate of drug-likeness (QED) is 0.300. The van der Waals surface area contributed by atoms with E-state index < -0.39 is 10.8 Å². The van der Waals surface area contributed by atoms with Gasteiger partial charge in [0.25, 0.3) is 5.69 Å². The van der Waals surface area contributed by atoms with E-state index in [1.54, 1.807) is 24.3 Å². The summed E-state index contributed by atoms with van der Waals surface area (Å²) >= 11 is 13.1. The minimum absolute atomic E-state index is 0.0510. The van der Waals surface area contributed by atoms with Crippen LogP contribution in [0.1, 0.15) is 35.8 Å². The molecule has 2 aliphatic rings. The molecule has 0 saturated heterocycles. The fourth-order valence-electron chi connectivity index (χ4n) is 5.17. The number of hydrogen-bond acceptors (Lipinski definition) is 6. The standard InChI is InChI=1S/C28H20Cl2N4O3/c29-21-9-5-4-8-19(21)26-20(15-31)28(32)33(23-14-18(34(36)37)10-11-22(23)30)24-12-17(13-25(35)27(24)26)16-6-2-1-3-7-16/h1-11,14,17,26H,12-13,32H2. The van der Waals surface area contributed by atoms with Crippen LogP contribution in [-0.2, 0) is 4.79 Å². The third kappa shape index (κ3) is 4.25. The number of rotatable bonds is 4. The maximum Gasteiger partial charge on any atom is 0.271 e. The first-order chi connectivity index (χ1) is 17.8. The Bertz CT molecular complexity index is 1540. The van der Waals surface area contributed by atoms with Crippen molar-refractivity contribution in [3.8, 4) is 6.07 Å². The van der Waals surface area contributed by atoms with Crippen LogP contribution < -0.4 is 10.6 Å². The minimum atomic E-state index is -0.772. The van der Waals surface area contributed by atoms with Crippen LogP contribution in [0.3, 0.4) is 0 Å². The Balaban J connectivity index is 1.78. The molecular weight excluding hydrogens is 511 g/mol. The number of non-ortho nitro benzene ring substituents is 1. The van der Waals surface area contributed by atoms with Crippen molar-refractivity contribution in [1.82, 2.24) is 0 Å². The molecule has 3 aromatic rings. The Kier molecular flexibility index (Phi) is 6.46. The highest BCUT2D eigenvalue weighted by Crippen LogP contribution is 2.51. The minimum Gasteiger partial charge on any atom is -0.384 e. The summed E-state index contributed by atoms with van der Waals surface area (Å²) < 4.78 is 0. The van der Waals surface area contributed by atoms with Crippen LogP contribution in [-0.4, -0.2) is 10.7 Å². The van der Waals surface area contributed by atoms with Gasteiger partial charge in [-0.1, -0.05) is 71.7 Å². The van der Waals surface area contributed by atoms with Crippen molar-refractivity contribution in [3.05, 3.63) is 127 Å². The number of nitriles is 1. The summed E-state index contributed by atoms with van der Waals surface area (Å²) in [5.41, 5.74) is 9.32. The van der Waals surface area contributed by atoms with Crippen LogP contribution >= 0.6 is 23.2 Å². The summed E-state index contributed by atoms with van der Waals surface area (Å²) in [4.78, 5) is 26.4. The third-order valence-electron chi connectivity index (χ3n) is 6.84. The Morgan fingerprint density at radius 1 is 1.00 bits per heavy atom. The number of benzene rings is 3. The van der Waals surface area contributed by atoms with Gasteiger partial charge in [0.15, 0.2) is 5.78 Å². The van der Waals surface area contributed by atoms with E-state index in [-0.39, 0.29) is 45.9 Å². The lowest BCUT2D eigenvalue weighted by atomic mass is 9.72. The summed E-state index contributed by atoms with van der Waals surface area (Å²) in [6.45, 7) is 0. The van der Waals surface area contributed by atoms with Gasteiger partial charge >= 0.3 is 0 Å². The normalized spacial score (nSPS) is 19.5. The van der Waals surface area contributed by atoms with Crippen molar-refractivity contribution >= 4 is 40.4 Å². The molecule has 2 atom stereocenters. The van der Waals surface area contributed by atoms with Crippen LogP contribution in [0.5, 0.6) is 0 Å². The molecule has 0 bridgehead atoms. The van der Waals surface area contributed by atoms with Crippen molar-refractivity contribution in [1.29, 1.82) is 5.26 Å². The Labute approximate surface area is 223 Å². The molecule has 2 N–H and O–H groups in total. The van der Waals surface area contributed by atoms with Gasteiger partial charge in [-0.2, -0.15) is 5.26 Å². The highest BCUT2D eigenvalue weighted by Gasteiger charge is 2.44. The molecule has 9 heteroatoms. The zero-order chi connectivity index (χ0) is 26.3. The average Bonchev–Trinajstić information content (AvgIpc) is 2.89. The van der Waals surface area contributed by atoms with E-state index in [0.717, 1.165) is 5.56 Å². The molecule has 7 nitrogen and oxygen atoms in total. The summed E-state index contributed by atoms with van der Waals surface area (Å²) in [5.74, 6) is -1.02. The number of nitrogens with two attached hydrogens (primary N) is 1. The van der Waals surface area contributed by atoms with Crippen molar-refractivity contribution in [3.63, 3.8) is 0 Å². The number of carbonyl (C=O) groups is 1. The molecule has 5 rings (SSSR count). The first-order valence-electron chi connectivity index (χ1n) is 11.5. The predicted molar refractivity (Wildman–Crippen MR) is 142 cm³/mol. The second-order valence-electron chi connectivity index (χ2n) is 8.89. The van der Waals surface area contributed by atoms with Crippen LogP contribution in [0.2, 0.25) is 10.0 Å². The van der Waals surface area contributed by atoms with Crippen LogP contribution in [0, 0.1) is 21.4 Å². The molecular formula is C28H20Cl2N4O3. The van der Waals surface area contributed by atoms with E-state index in [2.05, 4.69) is 6.07 Å². The number of halogens is 2. The monoisotopic (exact) mass is 530 g/mol. The maximum atomic E-state index is 13.9. The number of nitro groups is 1. The van der Waals surface area contributed by atoms with E-state index in [4.69, 9.17) is 28.9 Å². The van der Waals surface area contributed by atoms with Gasteiger partial charge in [-0.3, -0.25) is 19.8 Å². The van der Waals surface area contributed by atoms with Gasteiger partial charge in [0.05, 0.1) is 33.2 Å². The fraction of sp³-hybridized carbons (Fsp3) is 0.143. The molecule has 0 amide bonds. The van der Waals surface area contributed by atoms with Gasteiger partial charge in [0, 0.05) is 34.8 Å². The second-order valence-corrected chi connectivity index (χ2v) is 9.71. The lowest BCUT2D eigenvalue weighted by Crippen LogP contribution is -2.40. The molecule has 0 radical (unpaired) electrons. The van der Waals surface area contributed by atoms with Crippen LogP contribution in [0.4, 0.5) is 11.4 Å². The van der Waals surface area contributed by atoms with E-state index >= 15 is 0 Å². The smallest absolute Gasteiger partial charge is 0.271 e. The van der Waals surface area contributed by atoms with E-state index in [1.165, 1.54) is 23.1 Å². The number of nitro benzene ring substituents is 1. The highest BCUT2D eigenvalue weighted by molar-refractivity contribution is 6.33. The maximum absolute atomic E-state index is 13.9. The Hall–Kier alpha value is -4.12. The van der Waals surface area contributed by atoms with Crippen molar-refractivity contribution in [2.75, 3.05) is 4.90 Å². The van der Waals surface area contributed by atoms with Gasteiger partial charge in [-0.25, -0.2) is 0 Å². The van der Waals surface area contributed by atoms with Crippen LogP contribution in [0.15, 0.2) is 95.5 Å². The molecule has 0 saturated carbocycles. The summed E-state index contributed by atoms with van der Waals surface area (Å²) in [6.07, 6.45) is 0.642. The van der Waals surface area contributed by atoms with E-state index in [0.29, 0.717) is 28.3 Å². The molecule has 184 valence electrons. The lowest BCUT2D eigenvalue weighted by molar-refractivity contribution is -0.384. The van der Waals surface area contributed by atoms with E-state index in [9.17, 15) is 20.2 Å². The third-order valence-corrected chi connectivity index (χ3v) is 7.50. The number of ketones is 1. The molecule has 0 spiro atoms. The average molecular weight is 531 g/mol. The summed E-state index contributed by atoms with van der Waals surface area (Å²) in [5, 5.41) is 22.4. The summed E-state index contributed by atoms with van der Waals surface area (Å²) in [7, 11) is 0. The Morgan fingerprint density at radius 3 is 2.38 bits per heavy atom. The predicted octanol–water partition coefficient (Wildman–Crippen LogP) is 6.60. The first-order valence-corrected chi connectivity index (χ1v) is 12.3. The lowest BCUT2D eigenvalue weighted by Gasteiger charge is -2.42. The number of allylic oxidation sites excluding steroid dienone is 3. The second kappa shape index (κ2) is 9.74. The molecule has 0 fully saturated rings. The number of hydrogen-bond donors (Lipinski definition) is 1. The topological polar surface area (TPSA) is 113 Å². The molecule has 1 heterocycles. The zero-order valence-corrected chi connectivity index (χ0v) is 20.9. The number of nitrogens with zero attached hydrogens (tertiary/aromatic N) is 3. The molecule has 1 aliphatic heterocycles. The molecule has 1 aliphatic carbocycles. The van der Waals surface area contributed by atoms with Gasteiger partial charge in [-0.05, 0) is 35.6 Å². The number of Topliss-reactive ketones (excluding diaryl/α,β-unsaturated/α-hetero) is 1. The zero-order valence-electron chi connectivity index (χ0n) is 19.4. The molecule has 3 aromatic carbocycles. The molecule has 37 heavy (non-hydrogen) atoms. The fourth-order valence-corrected chi connectivity index (χ4v) is 5.62. The number of carbonyl (C=O) groups excluding carboxylic acids is 1. The van der Waals surface area contributed by atoms with Gasteiger partial charge < -0.3 is 5.73 Å². The summed E-state index contributed by atoms with van der Waals surface area (Å²) in [6, 6.07) is 22.9. The molecule has 2 unspecified atom stereocenters. The van der Waals surface area contributed by atoms with Crippen molar-refractivity contribution < 1.29 is 9.72 Å². The van der Waals surface area contributed by atoms with Crippen molar-refractivity contribution in [2.24, 2.45) is 5.73 Å². The Morgan fingerprint density at radius 2 is 1.70 bits per heavy atom. The largest absolute Gasteiger partial charge is 0.384 e. The van der Waals surface area contributed by atoms with Gasteiger partial charge in [0.2, 0.25) is 0 Å². The van der Waals surface area contributed by atoms with Gasteiger partial charge in [0.1, 0.15) is 5.82 Å². The molecule has 0 aromatic heterocycles. The van der Waals surface area contributed by atoms with Crippen LogP contribution in [0.25, 0.3) is 0 Å². The number of anilines is 1.